The van der Waals surface area contributed by atoms with Gasteiger partial charge in [-0.2, -0.15) is 0 Å². The molecule has 1 fully saturated rings. The van der Waals surface area contributed by atoms with Gasteiger partial charge in [-0.1, -0.05) is 19.1 Å². The van der Waals surface area contributed by atoms with Crippen LogP contribution in [0.1, 0.15) is 30.1 Å². The van der Waals surface area contributed by atoms with Crippen LogP contribution in [0.4, 0.5) is 15.9 Å². The summed E-state index contributed by atoms with van der Waals surface area (Å²) in [7, 11) is -3.15. The molecule has 1 atom stereocenters. The van der Waals surface area contributed by atoms with E-state index in [1.807, 2.05) is 6.92 Å². The molecule has 166 valence electrons. The number of sulfone groups is 1. The summed E-state index contributed by atoms with van der Waals surface area (Å²) >= 11 is 0. The van der Waals surface area contributed by atoms with Crippen molar-refractivity contribution in [3.63, 3.8) is 0 Å². The van der Waals surface area contributed by atoms with Gasteiger partial charge in [0.2, 0.25) is 0 Å². The second-order valence-corrected chi connectivity index (χ2v) is 9.45. The van der Waals surface area contributed by atoms with Crippen LogP contribution in [-0.2, 0) is 19.4 Å². The third-order valence-electron chi connectivity index (χ3n) is 4.92. The third kappa shape index (κ3) is 5.78. The lowest BCUT2D eigenvalue weighted by atomic mass is 10.2. The summed E-state index contributed by atoms with van der Waals surface area (Å²) in [4.78, 5) is 30.8. The van der Waals surface area contributed by atoms with Crippen molar-refractivity contribution < 1.29 is 27.1 Å². The van der Waals surface area contributed by atoms with Crippen molar-refractivity contribution in [2.24, 2.45) is 0 Å². The van der Waals surface area contributed by atoms with Crippen LogP contribution < -0.4 is 5.32 Å². The number of ether oxygens (including phenoxy) is 1. The molecule has 0 bridgehead atoms. The predicted octanol–water partition coefficient (Wildman–Crippen LogP) is 2.55. The highest BCUT2D eigenvalue weighted by Crippen LogP contribution is 2.22. The van der Waals surface area contributed by atoms with E-state index >= 15 is 0 Å². The number of hydrogen-bond acceptors (Lipinski definition) is 7. The largest absolute Gasteiger partial charge is 0.452 e. The molecule has 1 N–H and O–H groups in total. The lowest BCUT2D eigenvalue weighted by Crippen LogP contribution is -2.43. The molecule has 3 rings (SSSR count). The Morgan fingerprint density at radius 3 is 2.71 bits per heavy atom. The summed E-state index contributed by atoms with van der Waals surface area (Å²) in [6, 6.07) is 8.52. The number of benzene rings is 1. The maximum Gasteiger partial charge on any atom is 0.342 e. The SMILES string of the molecule is CCCN(C(=O)COC(=O)c1cccnc1Nc1ccccc1F)[C@@H]1CCS(=O)(=O)C1. The minimum atomic E-state index is -3.15. The third-order valence-corrected chi connectivity index (χ3v) is 6.67. The fourth-order valence-corrected chi connectivity index (χ4v) is 5.15. The highest BCUT2D eigenvalue weighted by Gasteiger charge is 2.34. The number of rotatable bonds is 8. The van der Waals surface area contributed by atoms with E-state index in [0.717, 1.165) is 0 Å². The zero-order valence-electron chi connectivity index (χ0n) is 17.1. The summed E-state index contributed by atoms with van der Waals surface area (Å²) in [5.74, 6) is -1.69. The van der Waals surface area contributed by atoms with E-state index in [1.54, 1.807) is 6.07 Å². The van der Waals surface area contributed by atoms with Crippen molar-refractivity contribution in [2.45, 2.75) is 25.8 Å². The fraction of sp³-hybridized carbons (Fsp3) is 0.381. The van der Waals surface area contributed by atoms with E-state index in [2.05, 4.69) is 10.3 Å². The standard InChI is InChI=1S/C21H24FN3O5S/c1-2-11-25(15-9-12-31(28,29)14-15)19(26)13-30-21(27)16-6-5-10-23-20(16)24-18-8-4-3-7-17(18)22/h3-8,10,15H,2,9,11-14H2,1H3,(H,23,24)/t15-/m1/s1. The number of nitrogens with zero attached hydrogens (tertiary/aromatic N) is 2. The molecule has 10 heteroatoms. The summed E-state index contributed by atoms with van der Waals surface area (Å²) in [5, 5.41) is 2.76. The van der Waals surface area contributed by atoms with Crippen molar-refractivity contribution >= 4 is 33.2 Å². The van der Waals surface area contributed by atoms with Crippen LogP contribution in [0.5, 0.6) is 0 Å². The smallest absolute Gasteiger partial charge is 0.342 e. The predicted molar refractivity (Wildman–Crippen MR) is 113 cm³/mol. The van der Waals surface area contributed by atoms with E-state index in [1.165, 1.54) is 41.4 Å². The molecular formula is C21H24FN3O5S. The van der Waals surface area contributed by atoms with Gasteiger partial charge in [-0.05, 0) is 37.1 Å². The van der Waals surface area contributed by atoms with Gasteiger partial charge in [-0.3, -0.25) is 4.79 Å². The van der Waals surface area contributed by atoms with Gasteiger partial charge >= 0.3 is 5.97 Å². The minimum Gasteiger partial charge on any atom is -0.452 e. The number of pyridine rings is 1. The first kappa shape index (κ1) is 22.7. The average Bonchev–Trinajstić information content (AvgIpc) is 3.11. The zero-order valence-corrected chi connectivity index (χ0v) is 17.9. The van der Waals surface area contributed by atoms with E-state index in [-0.39, 0.29) is 28.6 Å². The summed E-state index contributed by atoms with van der Waals surface area (Å²) in [5.41, 5.74) is 0.187. The first-order valence-electron chi connectivity index (χ1n) is 9.94. The van der Waals surface area contributed by atoms with Gasteiger partial charge < -0.3 is 15.0 Å². The molecule has 0 unspecified atom stereocenters. The molecule has 1 saturated heterocycles. The molecule has 0 saturated carbocycles. The fourth-order valence-electron chi connectivity index (χ4n) is 3.42. The van der Waals surface area contributed by atoms with Crippen LogP contribution in [0.25, 0.3) is 0 Å². The lowest BCUT2D eigenvalue weighted by Gasteiger charge is -2.27. The molecule has 0 aliphatic carbocycles. The monoisotopic (exact) mass is 449 g/mol. The molecule has 0 radical (unpaired) electrons. The van der Waals surface area contributed by atoms with Gasteiger partial charge in [0.1, 0.15) is 17.2 Å². The van der Waals surface area contributed by atoms with E-state index in [0.29, 0.717) is 19.4 Å². The van der Waals surface area contributed by atoms with Crippen LogP contribution in [0.3, 0.4) is 0 Å². The van der Waals surface area contributed by atoms with E-state index in [9.17, 15) is 22.4 Å². The van der Waals surface area contributed by atoms with Gasteiger partial charge in [-0.15, -0.1) is 0 Å². The van der Waals surface area contributed by atoms with Gasteiger partial charge in [0.25, 0.3) is 5.91 Å². The second kappa shape index (κ2) is 9.86. The Hall–Kier alpha value is -3.01. The molecule has 1 aliphatic rings. The second-order valence-electron chi connectivity index (χ2n) is 7.22. The zero-order chi connectivity index (χ0) is 22.4. The number of aromatic nitrogens is 1. The number of para-hydroxylation sites is 1. The van der Waals surface area contributed by atoms with Crippen molar-refractivity contribution in [1.82, 2.24) is 9.88 Å². The van der Waals surface area contributed by atoms with Crippen LogP contribution in [-0.4, -0.2) is 60.9 Å². The Balaban J connectivity index is 1.67. The molecule has 2 heterocycles. The number of hydrogen-bond donors (Lipinski definition) is 1. The maximum atomic E-state index is 13.9. The number of carbonyl (C=O) groups excluding carboxylic acids is 2. The molecule has 1 aliphatic heterocycles. The Labute approximate surface area is 180 Å². The van der Waals surface area contributed by atoms with Crippen LogP contribution >= 0.6 is 0 Å². The van der Waals surface area contributed by atoms with Crippen molar-refractivity contribution in [3.8, 4) is 0 Å². The van der Waals surface area contributed by atoms with Crippen LogP contribution in [0.2, 0.25) is 0 Å². The molecule has 31 heavy (non-hydrogen) atoms. The minimum absolute atomic E-state index is 0.0454. The Bertz CT molecular complexity index is 1060. The molecular weight excluding hydrogens is 425 g/mol. The number of amides is 1. The van der Waals surface area contributed by atoms with Gasteiger partial charge in [0, 0.05) is 18.8 Å². The quantitative estimate of drug-likeness (QED) is 0.618. The highest BCUT2D eigenvalue weighted by molar-refractivity contribution is 7.91. The van der Waals surface area contributed by atoms with Crippen LogP contribution in [0, 0.1) is 5.82 Å². The van der Waals surface area contributed by atoms with Gasteiger partial charge in [-0.25, -0.2) is 22.6 Å². The van der Waals surface area contributed by atoms with Crippen molar-refractivity contribution in [3.05, 3.63) is 54.0 Å². The molecule has 0 spiro atoms. The van der Waals surface area contributed by atoms with Crippen molar-refractivity contribution in [2.75, 3.05) is 30.0 Å². The van der Waals surface area contributed by atoms with Gasteiger partial charge in [0.15, 0.2) is 16.4 Å². The maximum absolute atomic E-state index is 13.9. The number of nitrogens with one attached hydrogen (secondary N) is 1. The number of anilines is 2. The Kier molecular flexibility index (Phi) is 7.21. The highest BCUT2D eigenvalue weighted by atomic mass is 32.2. The molecule has 8 nitrogen and oxygen atoms in total. The van der Waals surface area contributed by atoms with Gasteiger partial charge in [0.05, 0.1) is 17.2 Å². The Morgan fingerprint density at radius 2 is 2.03 bits per heavy atom. The summed E-state index contributed by atoms with van der Waals surface area (Å²) in [6.07, 6.45) is 2.46. The Morgan fingerprint density at radius 1 is 1.26 bits per heavy atom. The molecule has 1 aromatic carbocycles. The summed E-state index contributed by atoms with van der Waals surface area (Å²) < 4.78 is 42.7. The number of esters is 1. The van der Waals surface area contributed by atoms with E-state index < -0.39 is 40.2 Å². The van der Waals surface area contributed by atoms with Crippen molar-refractivity contribution in [1.29, 1.82) is 0 Å². The first-order chi connectivity index (χ1) is 14.8. The van der Waals surface area contributed by atoms with Crippen LogP contribution in [0.15, 0.2) is 42.6 Å². The molecule has 2 aromatic rings. The topological polar surface area (TPSA) is 106 Å². The summed E-state index contributed by atoms with van der Waals surface area (Å²) in [6.45, 7) is 1.74. The number of carbonyl (C=O) groups is 2. The lowest BCUT2D eigenvalue weighted by molar-refractivity contribution is -0.136. The normalized spacial score (nSPS) is 17.2. The van der Waals surface area contributed by atoms with E-state index in [4.69, 9.17) is 4.74 Å². The number of halogens is 1. The average molecular weight is 450 g/mol. The molecule has 1 amide bonds. The molecule has 1 aromatic heterocycles. The first-order valence-corrected chi connectivity index (χ1v) is 11.8.